The second-order valence-corrected chi connectivity index (χ2v) is 5.79. The van der Waals surface area contributed by atoms with Crippen LogP contribution in [0.4, 0.5) is 0 Å². The molecule has 110 valence electrons. The first-order chi connectivity index (χ1) is 9.54. The molecule has 1 aromatic rings. The lowest BCUT2D eigenvalue weighted by Crippen LogP contribution is -2.52. The van der Waals surface area contributed by atoms with Crippen molar-refractivity contribution in [3.63, 3.8) is 0 Å². The van der Waals surface area contributed by atoms with Gasteiger partial charge in [-0.2, -0.15) is 0 Å². The van der Waals surface area contributed by atoms with Gasteiger partial charge in [-0.25, -0.2) is 9.78 Å². The van der Waals surface area contributed by atoms with E-state index in [0.29, 0.717) is 16.0 Å². The molecule has 9 heteroatoms. The van der Waals surface area contributed by atoms with Crippen molar-refractivity contribution < 1.29 is 24.2 Å². The van der Waals surface area contributed by atoms with Crippen LogP contribution in [0.1, 0.15) is 11.0 Å². The smallest absolute Gasteiger partial charge is 0.335 e. The Balaban J connectivity index is 2.33. The van der Waals surface area contributed by atoms with Crippen LogP contribution in [0.25, 0.3) is 0 Å². The number of amides is 1. The highest BCUT2D eigenvalue weighted by molar-refractivity contribution is 7.15. The average molecular weight is 321 g/mol. The molecule has 0 bridgehead atoms. The molecule has 1 aromatic heterocycles. The fraction of sp³-hybridized carbons (Fsp3) is 0.545. The number of carbonyl (C=O) groups excluding carboxylic acids is 1. The Hall–Kier alpha value is -1.22. The lowest BCUT2D eigenvalue weighted by atomic mass is 10.1. The first kappa shape index (κ1) is 15.2. The summed E-state index contributed by atoms with van der Waals surface area (Å²) in [6.07, 6.45) is 0.264. The summed E-state index contributed by atoms with van der Waals surface area (Å²) in [5.41, 5.74) is 0. The number of carboxylic acids is 1. The summed E-state index contributed by atoms with van der Waals surface area (Å²) in [5, 5.41) is 9.69. The van der Waals surface area contributed by atoms with Gasteiger partial charge in [0.1, 0.15) is 22.0 Å². The zero-order valence-corrected chi connectivity index (χ0v) is 12.2. The van der Waals surface area contributed by atoms with Crippen LogP contribution in [0.15, 0.2) is 6.20 Å². The number of halogens is 1. The number of carbonyl (C=O) groups is 2. The lowest BCUT2D eigenvalue weighted by molar-refractivity contribution is -0.173. The molecule has 2 rings (SSSR count). The van der Waals surface area contributed by atoms with E-state index in [2.05, 4.69) is 4.98 Å². The third kappa shape index (κ3) is 3.09. The molecule has 2 unspecified atom stereocenters. The van der Waals surface area contributed by atoms with Crippen molar-refractivity contribution in [1.29, 1.82) is 0 Å². The Kier molecular flexibility index (Phi) is 4.92. The van der Waals surface area contributed by atoms with E-state index in [4.69, 9.17) is 21.1 Å². The SMILES string of the molecule is COCCN1C(=O)COC(C(=O)O)C1c1ncc(Cl)s1. The first-order valence-corrected chi connectivity index (χ1v) is 6.98. The number of carboxylic acid groups (broad SMARTS) is 1. The van der Waals surface area contributed by atoms with Gasteiger partial charge in [-0.1, -0.05) is 11.6 Å². The normalized spacial score (nSPS) is 23.1. The summed E-state index contributed by atoms with van der Waals surface area (Å²) in [4.78, 5) is 28.8. The molecule has 7 nitrogen and oxygen atoms in total. The highest BCUT2D eigenvalue weighted by atomic mass is 35.5. The summed E-state index contributed by atoms with van der Waals surface area (Å²) < 4.78 is 10.5. The molecule has 0 radical (unpaired) electrons. The minimum absolute atomic E-state index is 0.268. The van der Waals surface area contributed by atoms with Gasteiger partial charge in [-0.15, -0.1) is 11.3 Å². The highest BCUT2D eigenvalue weighted by Crippen LogP contribution is 2.34. The number of methoxy groups -OCH3 is 1. The van der Waals surface area contributed by atoms with E-state index in [1.54, 1.807) is 0 Å². The minimum atomic E-state index is -1.16. The van der Waals surface area contributed by atoms with Crippen LogP contribution in [0.5, 0.6) is 0 Å². The number of thiazole rings is 1. The van der Waals surface area contributed by atoms with Crippen molar-refractivity contribution in [3.05, 3.63) is 15.5 Å². The Morgan fingerprint density at radius 1 is 1.75 bits per heavy atom. The van der Waals surface area contributed by atoms with Gasteiger partial charge in [-0.3, -0.25) is 4.79 Å². The van der Waals surface area contributed by atoms with Gasteiger partial charge >= 0.3 is 5.97 Å². The van der Waals surface area contributed by atoms with Crippen molar-refractivity contribution in [2.45, 2.75) is 12.1 Å². The number of hydrogen-bond donors (Lipinski definition) is 1. The zero-order chi connectivity index (χ0) is 14.7. The molecule has 1 saturated heterocycles. The highest BCUT2D eigenvalue weighted by Gasteiger charge is 2.43. The predicted molar refractivity (Wildman–Crippen MR) is 70.8 cm³/mol. The van der Waals surface area contributed by atoms with Crippen LogP contribution in [0, 0.1) is 0 Å². The lowest BCUT2D eigenvalue weighted by Gasteiger charge is -2.37. The third-order valence-corrected chi connectivity index (χ3v) is 4.04. The molecule has 0 aliphatic carbocycles. The summed E-state index contributed by atoms with van der Waals surface area (Å²) in [6, 6.07) is -0.790. The molecule has 0 spiro atoms. The van der Waals surface area contributed by atoms with Crippen molar-refractivity contribution in [1.82, 2.24) is 9.88 Å². The second-order valence-electron chi connectivity index (χ2n) is 4.10. The van der Waals surface area contributed by atoms with Gasteiger partial charge in [0.15, 0.2) is 6.10 Å². The van der Waals surface area contributed by atoms with Crippen molar-refractivity contribution >= 4 is 34.8 Å². The summed E-state index contributed by atoms with van der Waals surface area (Å²) in [5.74, 6) is -1.44. The number of morpholine rings is 1. The Morgan fingerprint density at radius 3 is 3.05 bits per heavy atom. The van der Waals surface area contributed by atoms with Crippen LogP contribution in [-0.4, -0.2) is 59.8 Å². The largest absolute Gasteiger partial charge is 0.479 e. The Morgan fingerprint density at radius 2 is 2.50 bits per heavy atom. The second kappa shape index (κ2) is 6.49. The van der Waals surface area contributed by atoms with Crippen LogP contribution in [0.3, 0.4) is 0 Å². The summed E-state index contributed by atoms with van der Waals surface area (Å²) in [6.45, 7) is 0.300. The Bertz CT molecular complexity index is 509. The van der Waals surface area contributed by atoms with E-state index in [0.717, 1.165) is 11.3 Å². The Labute approximate surface area is 124 Å². The minimum Gasteiger partial charge on any atom is -0.479 e. The average Bonchev–Trinajstić information content (AvgIpc) is 2.83. The molecule has 1 aliphatic heterocycles. The van der Waals surface area contributed by atoms with Crippen molar-refractivity contribution in [2.75, 3.05) is 26.9 Å². The van der Waals surface area contributed by atoms with Gasteiger partial charge < -0.3 is 19.5 Å². The molecule has 0 aromatic carbocycles. The van der Waals surface area contributed by atoms with Crippen LogP contribution in [0.2, 0.25) is 4.34 Å². The van der Waals surface area contributed by atoms with Gasteiger partial charge in [0, 0.05) is 13.7 Å². The number of aliphatic carboxylic acids is 1. The monoisotopic (exact) mass is 320 g/mol. The molecule has 1 N–H and O–H groups in total. The summed E-state index contributed by atoms with van der Waals surface area (Å²) in [7, 11) is 1.51. The fourth-order valence-corrected chi connectivity index (χ4v) is 3.05. The van der Waals surface area contributed by atoms with Gasteiger partial charge in [0.05, 0.1) is 12.8 Å². The van der Waals surface area contributed by atoms with E-state index in [-0.39, 0.29) is 19.1 Å². The quantitative estimate of drug-likeness (QED) is 0.863. The number of rotatable bonds is 5. The maximum absolute atomic E-state index is 12.0. The van der Waals surface area contributed by atoms with E-state index in [9.17, 15) is 14.7 Å². The van der Waals surface area contributed by atoms with Crippen LogP contribution >= 0.6 is 22.9 Å². The molecule has 2 heterocycles. The fourth-order valence-electron chi connectivity index (χ4n) is 1.98. The van der Waals surface area contributed by atoms with E-state index < -0.39 is 18.1 Å². The number of nitrogens with zero attached hydrogens (tertiary/aromatic N) is 2. The topological polar surface area (TPSA) is 89.0 Å². The molecule has 20 heavy (non-hydrogen) atoms. The van der Waals surface area contributed by atoms with Crippen LogP contribution in [-0.2, 0) is 19.1 Å². The van der Waals surface area contributed by atoms with Crippen molar-refractivity contribution in [2.24, 2.45) is 0 Å². The number of ether oxygens (including phenoxy) is 2. The van der Waals surface area contributed by atoms with Gasteiger partial charge in [-0.05, 0) is 0 Å². The molecule has 1 amide bonds. The van der Waals surface area contributed by atoms with Gasteiger partial charge in [0.25, 0.3) is 0 Å². The molecule has 1 aliphatic rings. The molecule has 2 atom stereocenters. The van der Waals surface area contributed by atoms with E-state index in [1.807, 2.05) is 0 Å². The number of hydrogen-bond acceptors (Lipinski definition) is 6. The maximum Gasteiger partial charge on any atom is 0.335 e. The molecular formula is C11H13ClN2O5S. The first-order valence-electron chi connectivity index (χ1n) is 5.78. The number of aromatic nitrogens is 1. The van der Waals surface area contributed by atoms with Gasteiger partial charge in [0.2, 0.25) is 5.91 Å². The van der Waals surface area contributed by atoms with Crippen molar-refractivity contribution in [3.8, 4) is 0 Å². The molecule has 0 saturated carbocycles. The molecule has 1 fully saturated rings. The zero-order valence-electron chi connectivity index (χ0n) is 10.6. The standard InChI is InChI=1S/C11H13ClN2O5S/c1-18-3-2-14-7(15)5-19-9(11(16)17)8(14)10-13-4-6(12)20-10/h4,8-9H,2-3,5H2,1H3,(H,16,17). The molecular weight excluding hydrogens is 308 g/mol. The van der Waals surface area contributed by atoms with E-state index in [1.165, 1.54) is 18.2 Å². The predicted octanol–water partition coefficient (Wildman–Crippen LogP) is 0.796. The summed E-state index contributed by atoms with van der Waals surface area (Å²) >= 11 is 6.97. The van der Waals surface area contributed by atoms with Crippen LogP contribution < -0.4 is 0 Å². The third-order valence-electron chi connectivity index (χ3n) is 2.86. The van der Waals surface area contributed by atoms with E-state index >= 15 is 0 Å². The maximum atomic E-state index is 12.0.